The maximum absolute atomic E-state index is 10.5. The highest BCUT2D eigenvalue weighted by molar-refractivity contribution is 5.71. The van der Waals surface area contributed by atoms with Gasteiger partial charge in [-0.15, -0.1) is 0 Å². The summed E-state index contributed by atoms with van der Waals surface area (Å²) in [5.74, 6) is -0.387. The number of carbonyl (C=O) groups is 3. The fraction of sp³-hybridized carbons (Fsp3) is 0.786. The maximum Gasteiger partial charge on any atom is 0.306 e. The Morgan fingerprint density at radius 1 is 0.955 bits per heavy atom. The predicted molar refractivity (Wildman–Crippen MR) is 72.6 cm³/mol. The summed E-state index contributed by atoms with van der Waals surface area (Å²) in [6.45, 7) is 0.926. The molecule has 0 saturated carbocycles. The molecule has 3 fully saturated rings. The van der Waals surface area contributed by atoms with E-state index in [1.54, 1.807) is 0 Å². The van der Waals surface area contributed by atoms with Gasteiger partial charge in [0.2, 0.25) is 0 Å². The molecule has 3 heterocycles. The van der Waals surface area contributed by atoms with E-state index in [1.807, 2.05) is 0 Å². The van der Waals surface area contributed by atoms with Crippen molar-refractivity contribution < 1.29 is 38.8 Å². The first-order valence-electron chi connectivity index (χ1n) is 7.32. The third-order valence-corrected chi connectivity index (χ3v) is 3.11. The number of aliphatic hydroxyl groups excluding tert-OH is 2. The Hall–Kier alpha value is -1.67. The number of rotatable bonds is 2. The van der Waals surface area contributed by atoms with Crippen molar-refractivity contribution >= 4 is 17.9 Å². The predicted octanol–water partition coefficient (Wildman–Crippen LogP) is -0.308. The molecule has 2 unspecified atom stereocenters. The van der Waals surface area contributed by atoms with Gasteiger partial charge < -0.3 is 24.4 Å². The third kappa shape index (κ3) is 7.37. The number of aliphatic hydroxyl groups is 2. The van der Waals surface area contributed by atoms with Crippen LogP contribution in [0.15, 0.2) is 0 Å². The highest BCUT2D eigenvalue weighted by Crippen LogP contribution is 2.16. The second kappa shape index (κ2) is 10.1. The van der Waals surface area contributed by atoms with Crippen LogP contribution in [-0.2, 0) is 28.6 Å². The van der Waals surface area contributed by atoms with Crippen molar-refractivity contribution in [2.75, 3.05) is 19.8 Å². The minimum Gasteiger partial charge on any atom is -0.466 e. The highest BCUT2D eigenvalue weighted by Gasteiger charge is 2.28. The number of cyclic esters (lactones) is 3. The molecule has 0 bridgehead atoms. The van der Waals surface area contributed by atoms with Gasteiger partial charge in [0.25, 0.3) is 0 Å². The lowest BCUT2D eigenvalue weighted by atomic mass is 10.1. The van der Waals surface area contributed by atoms with E-state index in [2.05, 4.69) is 14.2 Å². The van der Waals surface area contributed by atoms with Crippen molar-refractivity contribution in [2.45, 2.75) is 50.7 Å². The molecule has 3 rings (SSSR count). The topological polar surface area (TPSA) is 119 Å². The fourth-order valence-electron chi connectivity index (χ4n) is 1.88. The summed E-state index contributed by atoms with van der Waals surface area (Å²) < 4.78 is 13.7. The van der Waals surface area contributed by atoms with Gasteiger partial charge in [-0.2, -0.15) is 0 Å². The maximum atomic E-state index is 10.5. The number of hydrogen-bond acceptors (Lipinski definition) is 8. The van der Waals surface area contributed by atoms with Crippen LogP contribution in [0.5, 0.6) is 0 Å². The number of carbonyl (C=O) groups excluding carboxylic acids is 3. The lowest BCUT2D eigenvalue weighted by Crippen LogP contribution is -2.28. The quantitative estimate of drug-likeness (QED) is 0.526. The molecule has 0 aromatic carbocycles. The van der Waals surface area contributed by atoms with Crippen molar-refractivity contribution in [1.82, 2.24) is 0 Å². The van der Waals surface area contributed by atoms with Crippen molar-refractivity contribution in [3.8, 4) is 0 Å². The van der Waals surface area contributed by atoms with Gasteiger partial charge in [0.1, 0.15) is 12.2 Å². The second-order valence-electron chi connectivity index (χ2n) is 4.96. The van der Waals surface area contributed by atoms with E-state index in [0.717, 1.165) is 12.8 Å². The van der Waals surface area contributed by atoms with Crippen LogP contribution in [0.2, 0.25) is 0 Å². The molecule has 3 aliphatic heterocycles. The van der Waals surface area contributed by atoms with Crippen LogP contribution in [0, 0.1) is 0 Å². The van der Waals surface area contributed by atoms with Gasteiger partial charge in [0.15, 0.2) is 0 Å². The summed E-state index contributed by atoms with van der Waals surface area (Å²) in [6, 6.07) is 0. The van der Waals surface area contributed by atoms with Crippen molar-refractivity contribution in [3.05, 3.63) is 0 Å². The molecule has 2 atom stereocenters. The Morgan fingerprint density at radius 3 is 1.73 bits per heavy atom. The summed E-state index contributed by atoms with van der Waals surface area (Å²) in [6.07, 6.45) is 2.55. The van der Waals surface area contributed by atoms with E-state index >= 15 is 0 Å². The lowest BCUT2D eigenvalue weighted by Gasteiger charge is -2.13. The van der Waals surface area contributed by atoms with Gasteiger partial charge in [-0.05, 0) is 19.3 Å². The third-order valence-electron chi connectivity index (χ3n) is 3.11. The summed E-state index contributed by atoms with van der Waals surface area (Å²) in [5.41, 5.74) is 0. The largest absolute Gasteiger partial charge is 0.466 e. The summed E-state index contributed by atoms with van der Waals surface area (Å²) in [4.78, 5) is 30.5. The van der Waals surface area contributed by atoms with E-state index in [0.29, 0.717) is 38.9 Å². The van der Waals surface area contributed by atoms with Gasteiger partial charge in [-0.1, -0.05) is 0 Å². The Balaban J connectivity index is 0.000000174. The van der Waals surface area contributed by atoms with Crippen LogP contribution in [0.25, 0.3) is 0 Å². The molecule has 22 heavy (non-hydrogen) atoms. The molecule has 0 aromatic heterocycles. The van der Waals surface area contributed by atoms with Crippen LogP contribution < -0.4 is 0 Å². The fourth-order valence-corrected chi connectivity index (χ4v) is 1.88. The van der Waals surface area contributed by atoms with Crippen LogP contribution >= 0.6 is 0 Å². The molecule has 0 aliphatic carbocycles. The van der Waals surface area contributed by atoms with Gasteiger partial charge in [0.05, 0.1) is 19.8 Å². The van der Waals surface area contributed by atoms with Gasteiger partial charge in [-0.25, -0.2) is 0 Å². The normalized spacial score (nSPS) is 24.3. The first-order valence-corrected chi connectivity index (χ1v) is 7.32. The molecule has 0 aromatic rings. The molecule has 0 radical (unpaired) electrons. The van der Waals surface area contributed by atoms with Crippen molar-refractivity contribution in [2.24, 2.45) is 0 Å². The molecule has 8 heteroatoms. The van der Waals surface area contributed by atoms with E-state index in [1.165, 1.54) is 0 Å². The Bertz CT molecular complexity index is 345. The molecule has 8 nitrogen and oxygen atoms in total. The molecule has 2 N–H and O–H groups in total. The van der Waals surface area contributed by atoms with Crippen LogP contribution in [0.1, 0.15) is 38.5 Å². The summed E-state index contributed by atoms with van der Waals surface area (Å²) in [5, 5.41) is 17.4. The smallest absolute Gasteiger partial charge is 0.306 e. The van der Waals surface area contributed by atoms with E-state index in [9.17, 15) is 14.4 Å². The minimum atomic E-state index is -0.911. The molecule has 0 amide bonds. The van der Waals surface area contributed by atoms with Crippen molar-refractivity contribution in [1.29, 1.82) is 0 Å². The SMILES string of the molecule is O=C1CCC(C(O)CO)O1.O=C1CCCO1.O=C1CCCO1. The Labute approximate surface area is 128 Å². The lowest BCUT2D eigenvalue weighted by molar-refractivity contribution is -0.146. The Morgan fingerprint density at radius 2 is 1.50 bits per heavy atom. The average molecular weight is 318 g/mol. The van der Waals surface area contributed by atoms with Gasteiger partial charge in [0, 0.05) is 19.3 Å². The monoisotopic (exact) mass is 318 g/mol. The number of esters is 3. The first-order chi connectivity index (χ1) is 10.5. The molecular weight excluding hydrogens is 296 g/mol. The summed E-state index contributed by atoms with van der Waals surface area (Å²) >= 11 is 0. The number of hydrogen-bond donors (Lipinski definition) is 2. The zero-order valence-electron chi connectivity index (χ0n) is 12.4. The standard InChI is InChI=1S/C6H10O4.2C4H6O2/c7-3-4(8)5-1-2-6(9)10-5;2*5-4-2-1-3-6-4/h4-5,7-8H,1-3H2;2*1-3H2. The molecular formula is C14H22O8. The zero-order valence-corrected chi connectivity index (χ0v) is 12.4. The van der Waals surface area contributed by atoms with Crippen LogP contribution in [-0.4, -0.2) is 60.1 Å². The van der Waals surface area contributed by atoms with Gasteiger partial charge >= 0.3 is 17.9 Å². The molecule has 126 valence electrons. The molecule has 3 saturated heterocycles. The van der Waals surface area contributed by atoms with E-state index in [4.69, 9.17) is 10.2 Å². The van der Waals surface area contributed by atoms with Crippen LogP contribution in [0.3, 0.4) is 0 Å². The zero-order chi connectivity index (χ0) is 16.4. The highest BCUT2D eigenvalue weighted by atomic mass is 16.6. The molecule has 3 aliphatic rings. The van der Waals surface area contributed by atoms with Gasteiger partial charge in [-0.3, -0.25) is 14.4 Å². The molecule has 0 spiro atoms. The minimum absolute atomic E-state index is 0.0463. The second-order valence-corrected chi connectivity index (χ2v) is 4.96. The van der Waals surface area contributed by atoms with Crippen molar-refractivity contribution in [3.63, 3.8) is 0 Å². The Kier molecular flexibility index (Phi) is 8.46. The first kappa shape index (κ1) is 18.4. The van der Waals surface area contributed by atoms with E-state index < -0.39 is 12.2 Å². The number of ether oxygens (including phenoxy) is 3. The van der Waals surface area contributed by atoms with E-state index in [-0.39, 0.29) is 24.5 Å². The summed E-state index contributed by atoms with van der Waals surface area (Å²) in [7, 11) is 0. The average Bonchev–Trinajstić information content (AvgIpc) is 3.24. The van der Waals surface area contributed by atoms with Crippen LogP contribution in [0.4, 0.5) is 0 Å².